The molecule has 6 rings (SSSR count). The molecule has 34 heavy (non-hydrogen) atoms. The van der Waals surface area contributed by atoms with Crippen LogP contribution in [0.3, 0.4) is 0 Å². The lowest BCUT2D eigenvalue weighted by Gasteiger charge is -2.32. The van der Waals surface area contributed by atoms with Crippen molar-refractivity contribution < 1.29 is 8.91 Å². The number of halogens is 1. The molecule has 7 heteroatoms. The Morgan fingerprint density at radius 2 is 1.85 bits per heavy atom. The molecule has 0 aliphatic heterocycles. The molecular formula is C27H26FN5O. The molecule has 1 N–H and O–H groups in total. The Labute approximate surface area is 196 Å². The molecule has 0 radical (unpaired) electrons. The SMILES string of the molecule is Cc1noc(-c2ccc3[nH]c(C(C)C4CCC(c5ccnc6ccc(F)cc56)CC4)nc3c2)n1. The first-order chi connectivity index (χ1) is 16.5. The van der Waals surface area contributed by atoms with Crippen molar-refractivity contribution in [2.75, 3.05) is 0 Å². The summed E-state index contributed by atoms with van der Waals surface area (Å²) in [6.07, 6.45) is 6.27. The maximum absolute atomic E-state index is 13.9. The Bertz CT molecular complexity index is 1480. The van der Waals surface area contributed by atoms with E-state index in [2.05, 4.69) is 33.1 Å². The largest absolute Gasteiger partial charge is 0.342 e. The summed E-state index contributed by atoms with van der Waals surface area (Å²) in [5, 5.41) is 4.83. The second-order valence-corrected chi connectivity index (χ2v) is 9.46. The third-order valence-electron chi connectivity index (χ3n) is 7.36. The Balaban J connectivity index is 1.19. The predicted octanol–water partition coefficient (Wildman–Crippen LogP) is 6.69. The number of fused-ring (bicyclic) bond motifs is 2. The summed E-state index contributed by atoms with van der Waals surface area (Å²) >= 11 is 0. The highest BCUT2D eigenvalue weighted by Gasteiger charge is 2.29. The highest BCUT2D eigenvalue weighted by molar-refractivity contribution is 5.82. The number of aromatic nitrogens is 5. The van der Waals surface area contributed by atoms with Crippen LogP contribution in [0, 0.1) is 18.7 Å². The molecule has 172 valence electrons. The molecule has 0 bridgehead atoms. The number of benzene rings is 2. The summed E-state index contributed by atoms with van der Waals surface area (Å²) in [5.41, 5.74) is 4.89. The van der Waals surface area contributed by atoms with E-state index in [0.29, 0.717) is 29.5 Å². The van der Waals surface area contributed by atoms with Crippen LogP contribution in [0.1, 0.15) is 61.7 Å². The van der Waals surface area contributed by atoms with Crippen LogP contribution in [0.2, 0.25) is 0 Å². The molecule has 3 aromatic heterocycles. The second-order valence-electron chi connectivity index (χ2n) is 9.46. The molecule has 0 amide bonds. The average Bonchev–Trinajstić information content (AvgIpc) is 3.49. The van der Waals surface area contributed by atoms with E-state index in [1.54, 1.807) is 12.1 Å². The van der Waals surface area contributed by atoms with Gasteiger partial charge in [-0.3, -0.25) is 4.98 Å². The molecule has 0 spiro atoms. The molecule has 3 heterocycles. The fourth-order valence-corrected chi connectivity index (χ4v) is 5.44. The van der Waals surface area contributed by atoms with Gasteiger partial charge in [0.05, 0.1) is 16.6 Å². The minimum Gasteiger partial charge on any atom is -0.342 e. The highest BCUT2D eigenvalue weighted by Crippen LogP contribution is 2.43. The minimum atomic E-state index is -0.202. The molecule has 1 unspecified atom stereocenters. The third kappa shape index (κ3) is 3.75. The highest BCUT2D eigenvalue weighted by atomic mass is 19.1. The van der Waals surface area contributed by atoms with Gasteiger partial charge in [-0.2, -0.15) is 4.98 Å². The van der Waals surface area contributed by atoms with Gasteiger partial charge in [0.15, 0.2) is 5.82 Å². The van der Waals surface area contributed by atoms with Gasteiger partial charge in [0.2, 0.25) is 0 Å². The number of rotatable bonds is 4. The molecule has 6 nitrogen and oxygen atoms in total. The van der Waals surface area contributed by atoms with Crippen LogP contribution < -0.4 is 0 Å². The molecule has 2 aromatic carbocycles. The number of pyridine rings is 1. The van der Waals surface area contributed by atoms with Gasteiger partial charge in [0, 0.05) is 23.1 Å². The van der Waals surface area contributed by atoms with Gasteiger partial charge in [-0.1, -0.05) is 12.1 Å². The van der Waals surface area contributed by atoms with Crippen molar-refractivity contribution in [3.05, 3.63) is 71.7 Å². The van der Waals surface area contributed by atoms with Gasteiger partial charge in [-0.15, -0.1) is 0 Å². The number of hydrogen-bond acceptors (Lipinski definition) is 5. The van der Waals surface area contributed by atoms with E-state index >= 15 is 0 Å². The number of nitrogens with one attached hydrogen (secondary N) is 1. The van der Waals surface area contributed by atoms with Crippen molar-refractivity contribution in [3.63, 3.8) is 0 Å². The number of H-pyrrole nitrogens is 1. The van der Waals surface area contributed by atoms with Crippen LogP contribution in [-0.2, 0) is 0 Å². The molecule has 1 saturated carbocycles. The Morgan fingerprint density at radius 1 is 1.00 bits per heavy atom. The number of aryl methyl sites for hydroxylation is 1. The summed E-state index contributed by atoms with van der Waals surface area (Å²) in [5.74, 6) is 3.27. The number of imidazole rings is 1. The van der Waals surface area contributed by atoms with E-state index in [0.717, 1.165) is 59.0 Å². The van der Waals surface area contributed by atoms with E-state index in [4.69, 9.17) is 9.51 Å². The summed E-state index contributed by atoms with van der Waals surface area (Å²) in [6, 6.07) is 13.0. The van der Waals surface area contributed by atoms with Gasteiger partial charge in [-0.05, 0) is 92.5 Å². The smallest absolute Gasteiger partial charge is 0.257 e. The van der Waals surface area contributed by atoms with E-state index in [9.17, 15) is 4.39 Å². The van der Waals surface area contributed by atoms with Gasteiger partial charge in [-0.25, -0.2) is 9.37 Å². The molecule has 1 atom stereocenters. The lowest BCUT2D eigenvalue weighted by molar-refractivity contribution is 0.286. The zero-order valence-corrected chi connectivity index (χ0v) is 19.3. The average molecular weight is 456 g/mol. The Kier molecular flexibility index (Phi) is 5.12. The fraction of sp³-hybridized carbons (Fsp3) is 0.333. The lowest BCUT2D eigenvalue weighted by atomic mass is 9.73. The topological polar surface area (TPSA) is 80.5 Å². The standard InChI is InChI=1S/C27H26FN5O/c1-15(26-31-24-9-7-19(13-25(24)32-26)27-30-16(2)33-34-27)17-3-5-18(6-4-17)21-11-12-29-23-10-8-20(28)14-22(21)23/h7-15,17-18H,3-6H2,1-2H3,(H,31,32). The van der Waals surface area contributed by atoms with E-state index in [1.165, 1.54) is 11.6 Å². The summed E-state index contributed by atoms with van der Waals surface area (Å²) < 4.78 is 19.2. The van der Waals surface area contributed by atoms with Gasteiger partial charge >= 0.3 is 0 Å². The van der Waals surface area contributed by atoms with E-state index in [1.807, 2.05) is 31.3 Å². The van der Waals surface area contributed by atoms with Crippen molar-refractivity contribution in [3.8, 4) is 11.5 Å². The zero-order chi connectivity index (χ0) is 23.2. The number of hydrogen-bond donors (Lipinski definition) is 1. The van der Waals surface area contributed by atoms with Gasteiger partial charge in [0.25, 0.3) is 5.89 Å². The van der Waals surface area contributed by atoms with Crippen LogP contribution in [0.15, 0.2) is 53.2 Å². The van der Waals surface area contributed by atoms with Crippen molar-refractivity contribution in [2.24, 2.45) is 5.92 Å². The predicted molar refractivity (Wildman–Crippen MR) is 129 cm³/mol. The quantitative estimate of drug-likeness (QED) is 0.327. The van der Waals surface area contributed by atoms with E-state index < -0.39 is 0 Å². The summed E-state index contributed by atoms with van der Waals surface area (Å²) in [7, 11) is 0. The summed E-state index contributed by atoms with van der Waals surface area (Å²) in [6.45, 7) is 4.08. The van der Waals surface area contributed by atoms with Crippen LogP contribution in [0.4, 0.5) is 4.39 Å². The maximum Gasteiger partial charge on any atom is 0.257 e. The molecule has 5 aromatic rings. The maximum atomic E-state index is 13.9. The minimum absolute atomic E-state index is 0.202. The normalized spacial score (nSPS) is 19.6. The number of aromatic amines is 1. The molecule has 1 fully saturated rings. The number of nitrogens with zero attached hydrogens (tertiary/aromatic N) is 4. The first-order valence-electron chi connectivity index (χ1n) is 11.9. The molecule has 0 saturated heterocycles. The molecule has 1 aliphatic rings. The summed E-state index contributed by atoms with van der Waals surface area (Å²) in [4.78, 5) is 17.2. The van der Waals surface area contributed by atoms with Gasteiger partial charge < -0.3 is 9.51 Å². The van der Waals surface area contributed by atoms with Crippen LogP contribution in [-0.4, -0.2) is 25.1 Å². The molecule has 1 aliphatic carbocycles. The van der Waals surface area contributed by atoms with Crippen LogP contribution in [0.25, 0.3) is 33.4 Å². The zero-order valence-electron chi connectivity index (χ0n) is 19.3. The lowest BCUT2D eigenvalue weighted by Crippen LogP contribution is -2.19. The molecular weight excluding hydrogens is 429 g/mol. The second kappa shape index (κ2) is 8.31. The van der Waals surface area contributed by atoms with Gasteiger partial charge in [0.1, 0.15) is 11.6 Å². The third-order valence-corrected chi connectivity index (χ3v) is 7.36. The first kappa shape index (κ1) is 21.0. The first-order valence-corrected chi connectivity index (χ1v) is 11.9. The van der Waals surface area contributed by atoms with Crippen molar-refractivity contribution >= 4 is 21.9 Å². The van der Waals surface area contributed by atoms with Crippen LogP contribution >= 0.6 is 0 Å². The fourth-order valence-electron chi connectivity index (χ4n) is 5.44. The van der Waals surface area contributed by atoms with Crippen molar-refractivity contribution in [1.82, 2.24) is 25.1 Å². The Morgan fingerprint density at radius 3 is 2.65 bits per heavy atom. The van der Waals surface area contributed by atoms with Crippen LogP contribution in [0.5, 0.6) is 0 Å². The monoisotopic (exact) mass is 455 g/mol. The Hall–Kier alpha value is -3.61. The van der Waals surface area contributed by atoms with Crippen molar-refractivity contribution in [1.29, 1.82) is 0 Å². The van der Waals surface area contributed by atoms with E-state index in [-0.39, 0.29) is 5.82 Å². The van der Waals surface area contributed by atoms with Crippen molar-refractivity contribution in [2.45, 2.75) is 51.4 Å².